The minimum absolute atomic E-state index is 0.0639. The molecule has 0 aliphatic heterocycles. The number of benzene rings is 2. The van der Waals surface area contributed by atoms with Gasteiger partial charge in [0.1, 0.15) is 18.2 Å². The van der Waals surface area contributed by atoms with Gasteiger partial charge in [-0.1, -0.05) is 41.9 Å². The van der Waals surface area contributed by atoms with E-state index in [9.17, 15) is 0 Å². The van der Waals surface area contributed by atoms with Gasteiger partial charge in [-0.25, -0.2) is 0 Å². The first-order valence-corrected chi connectivity index (χ1v) is 6.26. The Morgan fingerprint density at radius 2 is 1.89 bits per heavy atom. The highest BCUT2D eigenvalue weighted by atomic mass is 35.5. The van der Waals surface area contributed by atoms with Crippen molar-refractivity contribution in [2.45, 2.75) is 13.5 Å². The van der Waals surface area contributed by atoms with Gasteiger partial charge < -0.3 is 10.5 Å². The maximum absolute atomic E-state index is 7.32. The van der Waals surface area contributed by atoms with Gasteiger partial charge in [0, 0.05) is 5.56 Å². The summed E-state index contributed by atoms with van der Waals surface area (Å²) in [5.41, 5.74) is 8.20. The van der Waals surface area contributed by atoms with Crippen LogP contribution in [0.1, 0.15) is 16.7 Å². The molecule has 3 nitrogen and oxygen atoms in total. The molecule has 0 bridgehead atoms. The van der Waals surface area contributed by atoms with Crippen LogP contribution in [0.4, 0.5) is 0 Å². The Hall–Kier alpha value is -2.00. The Balaban J connectivity index is 2.04. The summed E-state index contributed by atoms with van der Waals surface area (Å²) in [6, 6.07) is 13.1. The van der Waals surface area contributed by atoms with Crippen LogP contribution in [0.15, 0.2) is 42.5 Å². The van der Waals surface area contributed by atoms with Crippen molar-refractivity contribution in [2.75, 3.05) is 0 Å². The molecule has 2 aromatic rings. The summed E-state index contributed by atoms with van der Waals surface area (Å²) in [7, 11) is 0. The van der Waals surface area contributed by atoms with Gasteiger partial charge in [-0.3, -0.25) is 5.41 Å². The Kier molecular flexibility index (Phi) is 4.07. The summed E-state index contributed by atoms with van der Waals surface area (Å²) >= 11 is 6.09. The van der Waals surface area contributed by atoms with Gasteiger partial charge in [-0.2, -0.15) is 0 Å². The van der Waals surface area contributed by atoms with Crippen molar-refractivity contribution in [3.05, 3.63) is 64.2 Å². The van der Waals surface area contributed by atoms with Crippen molar-refractivity contribution in [3.8, 4) is 5.75 Å². The van der Waals surface area contributed by atoms with Crippen molar-refractivity contribution in [3.63, 3.8) is 0 Å². The second kappa shape index (κ2) is 5.76. The van der Waals surface area contributed by atoms with Gasteiger partial charge >= 0.3 is 0 Å². The first-order valence-electron chi connectivity index (χ1n) is 5.88. The Morgan fingerprint density at radius 1 is 1.21 bits per heavy atom. The van der Waals surface area contributed by atoms with Gasteiger partial charge in [-0.05, 0) is 30.2 Å². The van der Waals surface area contributed by atoms with E-state index >= 15 is 0 Å². The van der Waals surface area contributed by atoms with E-state index in [1.807, 2.05) is 37.3 Å². The van der Waals surface area contributed by atoms with Crippen molar-refractivity contribution in [2.24, 2.45) is 5.73 Å². The average Bonchev–Trinajstić information content (AvgIpc) is 2.38. The second-order valence-electron chi connectivity index (χ2n) is 4.33. The van der Waals surface area contributed by atoms with Crippen LogP contribution in [0.3, 0.4) is 0 Å². The summed E-state index contributed by atoms with van der Waals surface area (Å²) < 4.78 is 5.66. The summed E-state index contributed by atoms with van der Waals surface area (Å²) in [5.74, 6) is 0.733. The van der Waals surface area contributed by atoms with Gasteiger partial charge in [0.15, 0.2) is 0 Å². The van der Waals surface area contributed by atoms with E-state index in [2.05, 4.69) is 0 Å². The molecule has 2 aromatic carbocycles. The molecule has 19 heavy (non-hydrogen) atoms. The van der Waals surface area contributed by atoms with Crippen molar-refractivity contribution in [1.29, 1.82) is 5.41 Å². The number of halogens is 1. The summed E-state index contributed by atoms with van der Waals surface area (Å²) in [6.07, 6.45) is 0. The highest BCUT2D eigenvalue weighted by molar-refractivity contribution is 6.32. The molecule has 0 aliphatic carbocycles. The average molecular weight is 275 g/mol. The zero-order valence-electron chi connectivity index (χ0n) is 10.6. The minimum atomic E-state index is 0.0639. The van der Waals surface area contributed by atoms with Crippen molar-refractivity contribution >= 4 is 17.4 Å². The molecule has 4 heteroatoms. The van der Waals surface area contributed by atoms with E-state index in [0.717, 1.165) is 11.1 Å². The van der Waals surface area contributed by atoms with Crippen LogP contribution < -0.4 is 10.5 Å². The standard InChI is InChI=1S/C15H15ClN2O/c1-10-2-7-14(13(16)8-10)19-9-11-3-5-12(6-4-11)15(17)18/h2-8H,9H2,1H3,(H3,17,18). The number of ether oxygens (including phenoxy) is 1. The molecule has 98 valence electrons. The number of aryl methyl sites for hydroxylation is 1. The SMILES string of the molecule is Cc1ccc(OCc2ccc(C(=N)N)cc2)c(Cl)c1. The molecule has 3 N–H and O–H groups in total. The highest BCUT2D eigenvalue weighted by Gasteiger charge is 2.02. The molecule has 0 spiro atoms. The van der Waals surface area contributed by atoms with E-state index in [1.54, 1.807) is 12.1 Å². The van der Waals surface area contributed by atoms with E-state index in [1.165, 1.54) is 0 Å². The van der Waals surface area contributed by atoms with Crippen LogP contribution in [-0.4, -0.2) is 5.84 Å². The number of nitrogens with one attached hydrogen (secondary N) is 1. The maximum Gasteiger partial charge on any atom is 0.138 e. The van der Waals surface area contributed by atoms with Crippen LogP contribution in [0.25, 0.3) is 0 Å². The number of hydrogen-bond acceptors (Lipinski definition) is 2. The largest absolute Gasteiger partial charge is 0.487 e. The fourth-order valence-electron chi connectivity index (χ4n) is 1.66. The number of nitrogen functional groups attached to an aromatic ring is 1. The normalized spacial score (nSPS) is 10.2. The summed E-state index contributed by atoms with van der Waals surface area (Å²) in [4.78, 5) is 0. The predicted molar refractivity (Wildman–Crippen MR) is 78.0 cm³/mol. The Labute approximate surface area is 117 Å². The molecule has 0 saturated heterocycles. The zero-order chi connectivity index (χ0) is 13.8. The van der Waals surface area contributed by atoms with Gasteiger partial charge in [0.2, 0.25) is 0 Å². The third-order valence-corrected chi connectivity index (χ3v) is 3.04. The quantitative estimate of drug-likeness (QED) is 0.662. The van der Waals surface area contributed by atoms with E-state index in [4.69, 9.17) is 27.5 Å². The molecule has 0 aromatic heterocycles. The van der Waals surface area contributed by atoms with Crippen molar-refractivity contribution < 1.29 is 4.74 Å². The van der Waals surface area contributed by atoms with Gasteiger partial charge in [0.25, 0.3) is 0 Å². The lowest BCUT2D eigenvalue weighted by Gasteiger charge is -2.09. The Bertz CT molecular complexity index is 594. The minimum Gasteiger partial charge on any atom is -0.487 e. The fraction of sp³-hybridized carbons (Fsp3) is 0.133. The molecule has 0 amide bonds. The van der Waals surface area contributed by atoms with Gasteiger partial charge in [0.05, 0.1) is 5.02 Å². The van der Waals surface area contributed by atoms with E-state index in [-0.39, 0.29) is 5.84 Å². The smallest absolute Gasteiger partial charge is 0.138 e. The lowest BCUT2D eigenvalue weighted by atomic mass is 10.1. The molecule has 0 saturated carbocycles. The third-order valence-electron chi connectivity index (χ3n) is 2.75. The molecule has 0 fully saturated rings. The molecule has 2 rings (SSSR count). The molecule has 0 heterocycles. The van der Waals surface area contributed by atoms with Crippen LogP contribution >= 0.6 is 11.6 Å². The number of amidine groups is 1. The number of nitrogens with two attached hydrogens (primary N) is 1. The predicted octanol–water partition coefficient (Wildman–Crippen LogP) is 3.51. The van der Waals surface area contributed by atoms with E-state index < -0.39 is 0 Å². The molecule has 0 radical (unpaired) electrons. The molecule has 0 unspecified atom stereocenters. The van der Waals surface area contributed by atoms with Crippen LogP contribution in [0.2, 0.25) is 5.02 Å². The lowest BCUT2D eigenvalue weighted by Crippen LogP contribution is -2.10. The van der Waals surface area contributed by atoms with E-state index in [0.29, 0.717) is 22.9 Å². The second-order valence-corrected chi connectivity index (χ2v) is 4.74. The fourth-order valence-corrected chi connectivity index (χ4v) is 1.95. The molecule has 0 atom stereocenters. The highest BCUT2D eigenvalue weighted by Crippen LogP contribution is 2.25. The van der Waals surface area contributed by atoms with Gasteiger partial charge in [-0.15, -0.1) is 0 Å². The lowest BCUT2D eigenvalue weighted by molar-refractivity contribution is 0.306. The monoisotopic (exact) mass is 274 g/mol. The van der Waals surface area contributed by atoms with Crippen LogP contribution in [0.5, 0.6) is 5.75 Å². The van der Waals surface area contributed by atoms with Crippen LogP contribution in [-0.2, 0) is 6.61 Å². The van der Waals surface area contributed by atoms with Crippen molar-refractivity contribution in [1.82, 2.24) is 0 Å². The number of hydrogen-bond donors (Lipinski definition) is 2. The van der Waals surface area contributed by atoms with Crippen LogP contribution in [0, 0.1) is 12.3 Å². The Morgan fingerprint density at radius 3 is 2.47 bits per heavy atom. The zero-order valence-corrected chi connectivity index (χ0v) is 11.4. The summed E-state index contributed by atoms with van der Waals surface area (Å²) in [5, 5.41) is 7.93. The molecular formula is C15H15ClN2O. The topological polar surface area (TPSA) is 59.1 Å². The first kappa shape index (κ1) is 13.4. The number of rotatable bonds is 4. The first-order chi connectivity index (χ1) is 9.06. The molecule has 0 aliphatic rings. The maximum atomic E-state index is 7.32. The third kappa shape index (κ3) is 3.48. The summed E-state index contributed by atoms with van der Waals surface area (Å²) in [6.45, 7) is 2.41. The molecular weight excluding hydrogens is 260 g/mol.